The van der Waals surface area contributed by atoms with Crippen LogP contribution in [0.4, 0.5) is 17.1 Å². The van der Waals surface area contributed by atoms with Gasteiger partial charge in [-0.15, -0.1) is 0 Å². The SMILES string of the molecule is Cc1ccc(N(c2ccccc2)c2ccc(C=C3C(=O)c4ccccc4C3=O)cc2)cc1. The summed E-state index contributed by atoms with van der Waals surface area (Å²) in [5, 5.41) is 0. The summed E-state index contributed by atoms with van der Waals surface area (Å²) < 4.78 is 0. The zero-order chi connectivity index (χ0) is 22.1. The third-order valence-electron chi connectivity index (χ3n) is 5.67. The van der Waals surface area contributed by atoms with Crippen molar-refractivity contribution in [3.8, 4) is 0 Å². The first-order valence-electron chi connectivity index (χ1n) is 10.5. The number of hydrogen-bond donors (Lipinski definition) is 0. The van der Waals surface area contributed by atoms with Crippen LogP contribution in [0.2, 0.25) is 0 Å². The van der Waals surface area contributed by atoms with Gasteiger partial charge in [-0.25, -0.2) is 0 Å². The van der Waals surface area contributed by atoms with E-state index >= 15 is 0 Å². The molecule has 0 saturated heterocycles. The Balaban J connectivity index is 1.50. The normalized spacial score (nSPS) is 12.6. The van der Waals surface area contributed by atoms with Crippen molar-refractivity contribution in [1.82, 2.24) is 0 Å². The summed E-state index contributed by atoms with van der Waals surface area (Å²) in [6, 6.07) is 33.5. The Kier molecular flexibility index (Phi) is 5.00. The first kappa shape index (κ1) is 19.7. The molecular weight excluding hydrogens is 394 g/mol. The Morgan fingerprint density at radius 2 is 1.03 bits per heavy atom. The molecule has 0 aliphatic heterocycles. The highest BCUT2D eigenvalue weighted by Gasteiger charge is 2.32. The Morgan fingerprint density at radius 3 is 1.59 bits per heavy atom. The first-order chi connectivity index (χ1) is 15.6. The molecule has 0 heterocycles. The molecule has 5 rings (SSSR count). The molecule has 0 radical (unpaired) electrons. The van der Waals surface area contributed by atoms with Gasteiger partial charge >= 0.3 is 0 Å². The van der Waals surface area contributed by atoms with Crippen LogP contribution in [0, 0.1) is 6.92 Å². The van der Waals surface area contributed by atoms with Crippen LogP contribution in [0.5, 0.6) is 0 Å². The summed E-state index contributed by atoms with van der Waals surface area (Å²) in [5.74, 6) is -0.416. The molecule has 0 fully saturated rings. The molecule has 0 N–H and O–H groups in total. The predicted molar refractivity (Wildman–Crippen MR) is 129 cm³/mol. The van der Waals surface area contributed by atoms with Gasteiger partial charge < -0.3 is 4.90 Å². The average molecular weight is 415 g/mol. The molecular formula is C29H21NO2. The molecule has 1 aliphatic rings. The number of anilines is 3. The Hall–Kier alpha value is -4.24. The molecule has 0 spiro atoms. The van der Waals surface area contributed by atoms with Crippen molar-refractivity contribution >= 4 is 34.7 Å². The summed E-state index contributed by atoms with van der Waals surface area (Å²) in [6.07, 6.45) is 1.69. The molecule has 0 atom stereocenters. The molecule has 154 valence electrons. The lowest BCUT2D eigenvalue weighted by atomic mass is 10.1. The number of allylic oxidation sites excluding steroid dienone is 1. The fourth-order valence-corrected chi connectivity index (χ4v) is 4.01. The van der Waals surface area contributed by atoms with Gasteiger partial charge in [0.15, 0.2) is 11.6 Å². The minimum atomic E-state index is -0.208. The van der Waals surface area contributed by atoms with E-state index in [0.29, 0.717) is 11.1 Å². The smallest absolute Gasteiger partial charge is 0.197 e. The van der Waals surface area contributed by atoms with E-state index in [1.54, 1.807) is 30.3 Å². The number of Topliss-reactive ketones (excluding diaryl/α,β-unsaturated/α-hetero) is 2. The number of para-hydroxylation sites is 1. The molecule has 32 heavy (non-hydrogen) atoms. The quantitative estimate of drug-likeness (QED) is 0.268. The van der Waals surface area contributed by atoms with Crippen LogP contribution in [-0.2, 0) is 0 Å². The van der Waals surface area contributed by atoms with Crippen molar-refractivity contribution < 1.29 is 9.59 Å². The molecule has 0 unspecified atom stereocenters. The second kappa shape index (κ2) is 8.12. The number of carbonyl (C=O) groups excluding carboxylic acids is 2. The van der Waals surface area contributed by atoms with E-state index in [9.17, 15) is 9.59 Å². The van der Waals surface area contributed by atoms with Crippen molar-refractivity contribution in [1.29, 1.82) is 0 Å². The second-order valence-electron chi connectivity index (χ2n) is 7.86. The summed E-state index contributed by atoms with van der Waals surface area (Å²) in [6.45, 7) is 2.07. The maximum atomic E-state index is 12.7. The van der Waals surface area contributed by atoms with E-state index < -0.39 is 0 Å². The summed E-state index contributed by atoms with van der Waals surface area (Å²) >= 11 is 0. The first-order valence-corrected chi connectivity index (χ1v) is 10.5. The largest absolute Gasteiger partial charge is 0.311 e. The molecule has 0 aromatic heterocycles. The highest BCUT2D eigenvalue weighted by molar-refractivity contribution is 6.41. The topological polar surface area (TPSA) is 37.4 Å². The number of ketones is 2. The Labute approximate surface area is 187 Å². The van der Waals surface area contributed by atoms with E-state index in [1.807, 2.05) is 42.5 Å². The van der Waals surface area contributed by atoms with Gasteiger partial charge in [0.1, 0.15) is 0 Å². The van der Waals surface area contributed by atoms with Gasteiger partial charge in [-0.2, -0.15) is 0 Å². The van der Waals surface area contributed by atoms with Crippen LogP contribution >= 0.6 is 0 Å². The Morgan fingerprint density at radius 1 is 0.562 bits per heavy atom. The molecule has 1 aliphatic carbocycles. The lowest BCUT2D eigenvalue weighted by Crippen LogP contribution is -2.09. The maximum absolute atomic E-state index is 12.7. The van der Waals surface area contributed by atoms with Gasteiger partial charge in [-0.3, -0.25) is 9.59 Å². The fourth-order valence-electron chi connectivity index (χ4n) is 4.01. The minimum absolute atomic E-state index is 0.208. The lowest BCUT2D eigenvalue weighted by molar-refractivity contribution is 0.0990. The molecule has 0 saturated carbocycles. The third kappa shape index (κ3) is 3.54. The predicted octanol–water partition coefficient (Wildman–Crippen LogP) is 6.93. The minimum Gasteiger partial charge on any atom is -0.311 e. The van der Waals surface area contributed by atoms with Gasteiger partial charge in [0.05, 0.1) is 5.57 Å². The molecule has 3 nitrogen and oxygen atoms in total. The van der Waals surface area contributed by atoms with Crippen molar-refractivity contribution in [2.45, 2.75) is 6.92 Å². The van der Waals surface area contributed by atoms with Crippen LogP contribution in [0.1, 0.15) is 31.8 Å². The third-order valence-corrected chi connectivity index (χ3v) is 5.67. The number of hydrogen-bond acceptors (Lipinski definition) is 3. The second-order valence-corrected chi connectivity index (χ2v) is 7.86. The van der Waals surface area contributed by atoms with Crippen LogP contribution in [0.3, 0.4) is 0 Å². The molecule has 4 aromatic carbocycles. The van der Waals surface area contributed by atoms with Gasteiger partial charge in [0, 0.05) is 28.2 Å². The monoisotopic (exact) mass is 415 g/mol. The van der Waals surface area contributed by atoms with E-state index in [-0.39, 0.29) is 17.1 Å². The Bertz CT molecular complexity index is 1300. The standard InChI is InChI=1S/C29H21NO2/c1-20-11-15-23(16-12-20)30(22-7-3-2-4-8-22)24-17-13-21(14-18-24)19-27-28(31)25-9-5-6-10-26(25)29(27)32/h2-19H,1H3. The number of nitrogens with zero attached hydrogens (tertiary/aromatic N) is 1. The highest BCUT2D eigenvalue weighted by Crippen LogP contribution is 2.35. The van der Waals surface area contributed by atoms with Crippen LogP contribution < -0.4 is 4.90 Å². The lowest BCUT2D eigenvalue weighted by Gasteiger charge is -2.25. The number of aryl methyl sites for hydroxylation is 1. The maximum Gasteiger partial charge on any atom is 0.197 e. The van der Waals surface area contributed by atoms with Crippen molar-refractivity contribution in [2.75, 3.05) is 4.90 Å². The summed E-state index contributed by atoms with van der Waals surface area (Å²) in [5.41, 5.74) is 6.31. The zero-order valence-corrected chi connectivity index (χ0v) is 17.7. The number of carbonyl (C=O) groups is 2. The molecule has 4 aromatic rings. The zero-order valence-electron chi connectivity index (χ0n) is 17.7. The van der Waals surface area contributed by atoms with Crippen LogP contribution in [0.15, 0.2) is 109 Å². The van der Waals surface area contributed by atoms with Gasteiger partial charge in [-0.1, -0.05) is 72.3 Å². The molecule has 0 bridgehead atoms. The fraction of sp³-hybridized carbons (Fsp3) is 0.0345. The number of fused-ring (bicyclic) bond motifs is 1. The van der Waals surface area contributed by atoms with E-state index in [1.165, 1.54) is 5.56 Å². The van der Waals surface area contributed by atoms with Gasteiger partial charge in [0.2, 0.25) is 0 Å². The van der Waals surface area contributed by atoms with Crippen molar-refractivity contribution in [3.63, 3.8) is 0 Å². The van der Waals surface area contributed by atoms with Gasteiger partial charge in [-0.05, 0) is 55.0 Å². The van der Waals surface area contributed by atoms with Crippen molar-refractivity contribution in [3.05, 3.63) is 131 Å². The number of benzene rings is 4. The van der Waals surface area contributed by atoms with E-state index in [2.05, 4.69) is 48.2 Å². The number of rotatable bonds is 4. The molecule has 0 amide bonds. The average Bonchev–Trinajstić information content (AvgIpc) is 3.07. The van der Waals surface area contributed by atoms with E-state index in [0.717, 1.165) is 22.6 Å². The van der Waals surface area contributed by atoms with Gasteiger partial charge in [0.25, 0.3) is 0 Å². The van der Waals surface area contributed by atoms with E-state index in [4.69, 9.17) is 0 Å². The van der Waals surface area contributed by atoms with Crippen LogP contribution in [0.25, 0.3) is 6.08 Å². The van der Waals surface area contributed by atoms with Crippen molar-refractivity contribution in [2.24, 2.45) is 0 Å². The van der Waals surface area contributed by atoms with Crippen LogP contribution in [-0.4, -0.2) is 11.6 Å². The summed E-state index contributed by atoms with van der Waals surface area (Å²) in [4.78, 5) is 27.6. The summed E-state index contributed by atoms with van der Waals surface area (Å²) in [7, 11) is 0. The highest BCUT2D eigenvalue weighted by atomic mass is 16.2. The molecule has 3 heteroatoms.